The molecule has 1 aromatic carbocycles. The van der Waals surface area contributed by atoms with E-state index in [1.54, 1.807) is 15.5 Å². The van der Waals surface area contributed by atoms with Gasteiger partial charge in [0.05, 0.1) is 19.4 Å². The average Bonchev–Trinajstić information content (AvgIpc) is 3.45. The first-order chi connectivity index (χ1) is 21.3. The molecule has 0 bridgehead atoms. The highest BCUT2D eigenvalue weighted by molar-refractivity contribution is 5.99. The van der Waals surface area contributed by atoms with Gasteiger partial charge in [-0.1, -0.05) is 32.1 Å². The molecule has 5 rings (SSSR count). The van der Waals surface area contributed by atoms with Crippen molar-refractivity contribution in [1.29, 1.82) is 0 Å². The number of morpholine rings is 1. The molecule has 13 nitrogen and oxygen atoms in total. The summed E-state index contributed by atoms with van der Waals surface area (Å²) in [5.41, 5.74) is 3.37. The fourth-order valence-electron chi connectivity index (χ4n) is 5.22. The molecule has 0 spiro atoms. The van der Waals surface area contributed by atoms with Crippen LogP contribution >= 0.6 is 0 Å². The first kappa shape index (κ1) is 31.4. The van der Waals surface area contributed by atoms with Crippen molar-refractivity contribution in [3.8, 4) is 0 Å². The number of hydrogen-bond acceptors (Lipinski definition) is 10. The van der Waals surface area contributed by atoms with E-state index in [2.05, 4.69) is 34.9 Å². The van der Waals surface area contributed by atoms with Gasteiger partial charge in [0.1, 0.15) is 6.04 Å². The van der Waals surface area contributed by atoms with E-state index in [4.69, 9.17) is 19.4 Å². The third kappa shape index (κ3) is 7.90. The lowest BCUT2D eigenvalue weighted by atomic mass is 10.1. The summed E-state index contributed by atoms with van der Waals surface area (Å²) in [5, 5.41) is 14.4. The average molecular weight is 606 g/mol. The maximum absolute atomic E-state index is 13.3. The Bertz CT molecular complexity index is 1470. The van der Waals surface area contributed by atoms with Crippen LogP contribution in [0.5, 0.6) is 0 Å². The van der Waals surface area contributed by atoms with E-state index in [1.807, 2.05) is 49.5 Å². The van der Waals surface area contributed by atoms with Crippen molar-refractivity contribution >= 4 is 35.0 Å². The Morgan fingerprint density at radius 3 is 2.73 bits per heavy atom. The van der Waals surface area contributed by atoms with Gasteiger partial charge in [0.2, 0.25) is 23.7 Å². The van der Waals surface area contributed by atoms with Crippen LogP contribution in [-0.4, -0.2) is 107 Å². The minimum atomic E-state index is -0.715. The highest BCUT2D eigenvalue weighted by Gasteiger charge is 2.32. The lowest BCUT2D eigenvalue weighted by Crippen LogP contribution is -2.53. The molecule has 2 saturated heterocycles. The number of fused-ring (bicyclic) bond motifs is 1. The highest BCUT2D eigenvalue weighted by atomic mass is 16.5. The van der Waals surface area contributed by atoms with E-state index in [9.17, 15) is 9.59 Å². The summed E-state index contributed by atoms with van der Waals surface area (Å²) in [7, 11) is 3.86. The molecule has 1 atom stereocenters. The molecule has 0 aliphatic carbocycles. The third-order valence-corrected chi connectivity index (χ3v) is 7.66. The van der Waals surface area contributed by atoms with Crippen molar-refractivity contribution in [2.75, 3.05) is 69.6 Å². The molecule has 0 radical (unpaired) electrons. The Morgan fingerprint density at radius 1 is 1.14 bits per heavy atom. The van der Waals surface area contributed by atoms with Crippen molar-refractivity contribution in [2.45, 2.75) is 51.2 Å². The van der Waals surface area contributed by atoms with Gasteiger partial charge in [-0.05, 0) is 50.6 Å². The Kier molecular flexibility index (Phi) is 10.4. The summed E-state index contributed by atoms with van der Waals surface area (Å²) in [5.74, 6) is 0.890. The van der Waals surface area contributed by atoms with E-state index in [-0.39, 0.29) is 30.4 Å². The molecule has 2 aliphatic rings. The van der Waals surface area contributed by atoms with E-state index in [0.717, 1.165) is 42.8 Å². The largest absolute Gasteiger partial charge is 0.381 e. The summed E-state index contributed by atoms with van der Waals surface area (Å²) < 4.78 is 12.8. The highest BCUT2D eigenvalue weighted by Crippen LogP contribution is 2.24. The number of likely N-dealkylation sites (N-methyl/N-ethyl adjacent to an activating group) is 1. The lowest BCUT2D eigenvalue weighted by molar-refractivity contribution is -0.142. The molecule has 4 heterocycles. The first-order valence-electron chi connectivity index (χ1n) is 15.2. The Hall–Kier alpha value is -4.07. The Morgan fingerprint density at radius 2 is 1.95 bits per heavy atom. The summed E-state index contributed by atoms with van der Waals surface area (Å²) in [6, 6.07) is 7.12. The van der Waals surface area contributed by atoms with Gasteiger partial charge in [0.15, 0.2) is 5.65 Å². The van der Waals surface area contributed by atoms with Crippen LogP contribution in [0.3, 0.4) is 0 Å². The number of ether oxygens (including phenoxy) is 2. The maximum Gasteiger partial charge on any atom is 0.249 e. The van der Waals surface area contributed by atoms with Crippen LogP contribution in [-0.2, 0) is 25.6 Å². The number of aromatic nitrogens is 4. The van der Waals surface area contributed by atoms with E-state index >= 15 is 0 Å². The predicted octanol–water partition coefficient (Wildman–Crippen LogP) is 2.73. The lowest BCUT2D eigenvalue weighted by Gasteiger charge is -2.34. The van der Waals surface area contributed by atoms with Crippen LogP contribution in [0.2, 0.25) is 0 Å². The van der Waals surface area contributed by atoms with Crippen molar-refractivity contribution in [2.24, 2.45) is 0 Å². The normalized spacial score (nSPS) is 18.0. The maximum atomic E-state index is 13.3. The Balaban J connectivity index is 1.28. The zero-order valence-corrected chi connectivity index (χ0v) is 26.0. The van der Waals surface area contributed by atoms with Gasteiger partial charge in [-0.3, -0.25) is 9.59 Å². The Labute approximate surface area is 258 Å². The van der Waals surface area contributed by atoms with Crippen molar-refractivity contribution in [3.05, 3.63) is 53.7 Å². The summed E-state index contributed by atoms with van der Waals surface area (Å²) in [6.45, 7) is 7.67. The molecule has 236 valence electrons. The molecule has 0 saturated carbocycles. The quantitative estimate of drug-likeness (QED) is 0.280. The van der Waals surface area contributed by atoms with Gasteiger partial charge in [-0.25, -0.2) is 0 Å². The number of benzene rings is 1. The second-order valence-electron chi connectivity index (χ2n) is 11.7. The van der Waals surface area contributed by atoms with Gasteiger partial charge in [-0.2, -0.15) is 19.6 Å². The monoisotopic (exact) mass is 605 g/mol. The van der Waals surface area contributed by atoms with Crippen LogP contribution in [0.15, 0.2) is 42.6 Å². The predicted molar refractivity (Wildman–Crippen MR) is 169 cm³/mol. The van der Waals surface area contributed by atoms with Crippen LogP contribution in [0.4, 0.5) is 17.6 Å². The summed E-state index contributed by atoms with van der Waals surface area (Å²) in [6.07, 6.45) is 6.97. The number of carbonyl (C=O) groups is 2. The van der Waals surface area contributed by atoms with Crippen molar-refractivity contribution in [3.63, 3.8) is 0 Å². The van der Waals surface area contributed by atoms with Crippen LogP contribution in [0, 0.1) is 0 Å². The van der Waals surface area contributed by atoms with E-state index in [0.29, 0.717) is 43.8 Å². The van der Waals surface area contributed by atoms with Gasteiger partial charge in [0.25, 0.3) is 0 Å². The summed E-state index contributed by atoms with van der Waals surface area (Å²) in [4.78, 5) is 39.2. The minimum Gasteiger partial charge on any atom is -0.381 e. The fourth-order valence-corrected chi connectivity index (χ4v) is 5.22. The molecule has 44 heavy (non-hydrogen) atoms. The van der Waals surface area contributed by atoms with Crippen molar-refractivity contribution < 1.29 is 19.1 Å². The van der Waals surface area contributed by atoms with E-state index < -0.39 is 6.04 Å². The number of rotatable bonds is 11. The zero-order chi connectivity index (χ0) is 31.1. The molecule has 3 N–H and O–H groups in total. The number of hydrogen-bond donors (Lipinski definition) is 3. The van der Waals surface area contributed by atoms with Gasteiger partial charge in [0, 0.05) is 56.2 Å². The van der Waals surface area contributed by atoms with Crippen LogP contribution < -0.4 is 16.0 Å². The number of carbonyl (C=O) groups excluding carboxylic acids is 2. The molecular formula is C31H43N9O4. The first-order valence-corrected chi connectivity index (χ1v) is 15.2. The number of nitrogens with zero attached hydrogens (tertiary/aromatic N) is 6. The smallest absolute Gasteiger partial charge is 0.249 e. The molecule has 2 amide bonds. The molecular weight excluding hydrogens is 562 g/mol. The molecule has 3 aromatic rings. The standard InChI is InChI=1S/C31H43N9O4/c1-21(2)25-19-33-40-28(25)36-30(35-23-10-14-43-15-11-23)37-31(40)32-18-22-7-5-8-24(17-22)34-29(42)26-20-44-16-13-39(26)27(41)9-6-12-38(3)4/h5-9,17,19,21,23,26H,10-16,18,20H2,1-4H3,(H,34,42)(H2,32,35,36,37)/b9-6+. The van der Waals surface area contributed by atoms with E-state index in [1.165, 1.54) is 6.08 Å². The van der Waals surface area contributed by atoms with Gasteiger partial charge >= 0.3 is 0 Å². The molecule has 2 fully saturated rings. The SMILES string of the molecule is CC(C)c1cnn2c(NCc3cccc(NC(=O)C4COCCN4C(=O)/C=C/CN(C)C)c3)nc(NC3CCOCC3)nc12. The zero-order valence-electron chi connectivity index (χ0n) is 26.0. The van der Waals surface area contributed by atoms with Crippen LogP contribution in [0.25, 0.3) is 5.65 Å². The second-order valence-corrected chi connectivity index (χ2v) is 11.7. The number of amides is 2. The van der Waals surface area contributed by atoms with Crippen LogP contribution in [0.1, 0.15) is 43.7 Å². The van der Waals surface area contributed by atoms with Crippen molar-refractivity contribution in [1.82, 2.24) is 29.4 Å². The topological polar surface area (TPSA) is 138 Å². The minimum absolute atomic E-state index is 0.149. The molecule has 2 aromatic heterocycles. The number of nitrogens with one attached hydrogen (secondary N) is 3. The van der Waals surface area contributed by atoms with Gasteiger partial charge < -0.3 is 35.2 Å². The molecule has 1 unspecified atom stereocenters. The molecule has 13 heteroatoms. The van der Waals surface area contributed by atoms with Gasteiger partial charge in [-0.15, -0.1) is 0 Å². The second kappa shape index (κ2) is 14.6. The fraction of sp³-hybridized carbons (Fsp3) is 0.516. The summed E-state index contributed by atoms with van der Waals surface area (Å²) >= 11 is 0. The number of anilines is 3. The molecule has 2 aliphatic heterocycles. The third-order valence-electron chi connectivity index (χ3n) is 7.66.